The molecule has 5 rings (SSSR count). The van der Waals surface area contributed by atoms with Crippen molar-refractivity contribution >= 4 is 28.8 Å². The maximum Gasteiger partial charge on any atom is 0.243 e. The SMILES string of the molecule is COc1cccc(NC(=O)CN2c3ccccc3NC3=C(C(=O)CCC3)[C@H]2c2ccco2)c1. The van der Waals surface area contributed by atoms with Crippen LogP contribution in [0.3, 0.4) is 0 Å². The monoisotopic (exact) mass is 443 g/mol. The fraction of sp³-hybridized carbons (Fsp3) is 0.231. The molecule has 3 aromatic rings. The number of ether oxygens (including phenoxy) is 1. The summed E-state index contributed by atoms with van der Waals surface area (Å²) in [6.07, 6.45) is 3.66. The van der Waals surface area contributed by atoms with Crippen molar-refractivity contribution in [2.24, 2.45) is 0 Å². The number of anilines is 3. The van der Waals surface area contributed by atoms with E-state index in [2.05, 4.69) is 10.6 Å². The Bertz CT molecular complexity index is 1220. The lowest BCUT2D eigenvalue weighted by atomic mass is 9.88. The normalized spacial score (nSPS) is 17.5. The zero-order valence-electron chi connectivity index (χ0n) is 18.3. The van der Waals surface area contributed by atoms with E-state index in [1.165, 1.54) is 0 Å². The number of Topliss-reactive ketones (excluding diaryl/α,β-unsaturated/α-hetero) is 1. The number of hydrogen-bond donors (Lipinski definition) is 2. The molecule has 7 heteroatoms. The summed E-state index contributed by atoms with van der Waals surface area (Å²) in [4.78, 5) is 28.3. The molecule has 1 aliphatic heterocycles. The average Bonchev–Trinajstić information content (AvgIpc) is 3.31. The van der Waals surface area contributed by atoms with Crippen LogP contribution in [-0.2, 0) is 9.59 Å². The number of furan rings is 1. The molecule has 1 atom stereocenters. The molecular weight excluding hydrogens is 418 g/mol. The van der Waals surface area contributed by atoms with Crippen LogP contribution in [0.15, 0.2) is 82.6 Å². The van der Waals surface area contributed by atoms with E-state index in [0.29, 0.717) is 29.2 Å². The van der Waals surface area contributed by atoms with Gasteiger partial charge in [-0.25, -0.2) is 0 Å². The van der Waals surface area contributed by atoms with Gasteiger partial charge in [0.05, 0.1) is 31.3 Å². The van der Waals surface area contributed by atoms with Crippen LogP contribution in [0.5, 0.6) is 5.75 Å². The number of ketones is 1. The predicted molar refractivity (Wildman–Crippen MR) is 126 cm³/mol. The highest BCUT2D eigenvalue weighted by Crippen LogP contribution is 2.44. The van der Waals surface area contributed by atoms with Crippen molar-refractivity contribution in [1.29, 1.82) is 0 Å². The van der Waals surface area contributed by atoms with E-state index in [1.54, 1.807) is 19.4 Å². The van der Waals surface area contributed by atoms with Gasteiger partial charge in [0.2, 0.25) is 5.91 Å². The standard InChI is InChI=1S/C26H25N3O4/c1-32-18-8-4-7-17(15-18)27-24(31)16-29-21-11-3-2-9-19(21)28-20-10-5-12-22(30)25(20)26(29)23-13-6-14-33-23/h2-4,6-9,11,13-15,26,28H,5,10,12,16H2,1H3,(H,27,31)/t26-/m1/s1. The highest BCUT2D eigenvalue weighted by molar-refractivity contribution is 6.02. The van der Waals surface area contributed by atoms with Crippen LogP contribution in [0.1, 0.15) is 31.1 Å². The molecule has 0 bridgehead atoms. The third-order valence-electron chi connectivity index (χ3n) is 6.02. The number of carbonyl (C=O) groups is 2. The third-order valence-corrected chi connectivity index (χ3v) is 6.02. The summed E-state index contributed by atoms with van der Waals surface area (Å²) in [6.45, 7) is 0.0331. The van der Waals surface area contributed by atoms with Crippen LogP contribution in [0.4, 0.5) is 17.1 Å². The average molecular weight is 444 g/mol. The molecule has 0 unspecified atom stereocenters. The first kappa shape index (κ1) is 20.9. The Balaban J connectivity index is 1.56. The first-order chi connectivity index (χ1) is 16.1. The van der Waals surface area contributed by atoms with Crippen molar-refractivity contribution in [2.75, 3.05) is 29.2 Å². The first-order valence-corrected chi connectivity index (χ1v) is 11.0. The lowest BCUT2D eigenvalue weighted by Gasteiger charge is -2.33. The van der Waals surface area contributed by atoms with Crippen molar-refractivity contribution in [3.8, 4) is 5.75 Å². The van der Waals surface area contributed by atoms with Gasteiger partial charge in [0.15, 0.2) is 5.78 Å². The van der Waals surface area contributed by atoms with E-state index in [1.807, 2.05) is 59.5 Å². The molecule has 2 heterocycles. The maximum atomic E-state index is 13.2. The van der Waals surface area contributed by atoms with Gasteiger partial charge in [0, 0.05) is 29.4 Å². The summed E-state index contributed by atoms with van der Waals surface area (Å²) in [5.41, 5.74) is 3.91. The van der Waals surface area contributed by atoms with Crippen molar-refractivity contribution < 1.29 is 18.7 Å². The highest BCUT2D eigenvalue weighted by atomic mass is 16.5. The second-order valence-corrected chi connectivity index (χ2v) is 8.14. The Morgan fingerprint density at radius 1 is 1.15 bits per heavy atom. The van der Waals surface area contributed by atoms with E-state index in [0.717, 1.165) is 29.9 Å². The molecule has 1 aliphatic carbocycles. The van der Waals surface area contributed by atoms with Gasteiger partial charge in [0.1, 0.15) is 17.6 Å². The van der Waals surface area contributed by atoms with Gasteiger partial charge < -0.3 is 24.7 Å². The summed E-state index contributed by atoms with van der Waals surface area (Å²) < 4.78 is 11.1. The Morgan fingerprint density at radius 2 is 2.03 bits per heavy atom. The van der Waals surface area contributed by atoms with Gasteiger partial charge in [-0.05, 0) is 49.2 Å². The number of amides is 1. The number of fused-ring (bicyclic) bond motifs is 1. The molecule has 2 N–H and O–H groups in total. The number of para-hydroxylation sites is 2. The van der Waals surface area contributed by atoms with Crippen LogP contribution in [-0.4, -0.2) is 25.3 Å². The minimum Gasteiger partial charge on any atom is -0.497 e. The smallest absolute Gasteiger partial charge is 0.243 e. The summed E-state index contributed by atoms with van der Waals surface area (Å²) in [6, 6.07) is 18.2. The molecular formula is C26H25N3O4. The molecule has 0 fully saturated rings. The van der Waals surface area contributed by atoms with Crippen molar-refractivity contribution in [3.63, 3.8) is 0 Å². The zero-order valence-corrected chi connectivity index (χ0v) is 18.3. The molecule has 1 aromatic heterocycles. The number of rotatable bonds is 5. The molecule has 2 aromatic carbocycles. The van der Waals surface area contributed by atoms with E-state index in [9.17, 15) is 9.59 Å². The Hall–Kier alpha value is -4.00. The quantitative estimate of drug-likeness (QED) is 0.583. The molecule has 0 radical (unpaired) electrons. The second kappa shape index (κ2) is 8.86. The number of methoxy groups -OCH3 is 1. The van der Waals surface area contributed by atoms with Gasteiger partial charge in [-0.1, -0.05) is 18.2 Å². The third kappa shape index (κ3) is 4.09. The van der Waals surface area contributed by atoms with Crippen molar-refractivity contribution in [2.45, 2.75) is 25.3 Å². The topological polar surface area (TPSA) is 83.8 Å². The van der Waals surface area contributed by atoms with Crippen LogP contribution in [0, 0.1) is 0 Å². The van der Waals surface area contributed by atoms with Gasteiger partial charge in [-0.3, -0.25) is 9.59 Å². The zero-order chi connectivity index (χ0) is 22.8. The van der Waals surface area contributed by atoms with Gasteiger partial charge in [-0.2, -0.15) is 0 Å². The van der Waals surface area contributed by atoms with Crippen LogP contribution >= 0.6 is 0 Å². The van der Waals surface area contributed by atoms with Crippen LogP contribution in [0.25, 0.3) is 0 Å². The molecule has 0 saturated carbocycles. The minimum absolute atomic E-state index is 0.0331. The predicted octanol–water partition coefficient (Wildman–Crippen LogP) is 4.91. The lowest BCUT2D eigenvalue weighted by Crippen LogP contribution is -2.38. The molecule has 0 spiro atoms. The summed E-state index contributed by atoms with van der Waals surface area (Å²) >= 11 is 0. The summed E-state index contributed by atoms with van der Waals surface area (Å²) in [7, 11) is 1.59. The number of carbonyl (C=O) groups excluding carboxylic acids is 2. The molecule has 1 amide bonds. The van der Waals surface area contributed by atoms with E-state index in [-0.39, 0.29) is 18.2 Å². The highest BCUT2D eigenvalue weighted by Gasteiger charge is 2.38. The van der Waals surface area contributed by atoms with E-state index >= 15 is 0 Å². The number of benzene rings is 2. The maximum absolute atomic E-state index is 13.2. The Morgan fingerprint density at radius 3 is 2.85 bits per heavy atom. The molecule has 7 nitrogen and oxygen atoms in total. The second-order valence-electron chi connectivity index (χ2n) is 8.14. The van der Waals surface area contributed by atoms with Crippen molar-refractivity contribution in [1.82, 2.24) is 0 Å². The fourth-order valence-electron chi connectivity index (χ4n) is 4.57. The Labute approximate surface area is 192 Å². The number of allylic oxidation sites excluding steroid dienone is 1. The number of nitrogens with one attached hydrogen (secondary N) is 2. The fourth-order valence-corrected chi connectivity index (χ4v) is 4.57. The van der Waals surface area contributed by atoms with Gasteiger partial charge in [-0.15, -0.1) is 0 Å². The van der Waals surface area contributed by atoms with Gasteiger partial charge >= 0.3 is 0 Å². The molecule has 168 valence electrons. The van der Waals surface area contributed by atoms with Crippen molar-refractivity contribution in [3.05, 3.63) is 84.0 Å². The van der Waals surface area contributed by atoms with E-state index in [4.69, 9.17) is 9.15 Å². The largest absolute Gasteiger partial charge is 0.497 e. The number of nitrogens with zero attached hydrogens (tertiary/aromatic N) is 1. The van der Waals surface area contributed by atoms with E-state index < -0.39 is 6.04 Å². The molecule has 2 aliphatic rings. The van der Waals surface area contributed by atoms with Crippen LogP contribution < -0.4 is 20.3 Å². The first-order valence-electron chi connectivity index (χ1n) is 11.0. The van der Waals surface area contributed by atoms with Gasteiger partial charge in [0.25, 0.3) is 0 Å². The molecule has 33 heavy (non-hydrogen) atoms. The summed E-state index contributed by atoms with van der Waals surface area (Å²) in [5.74, 6) is 1.16. The molecule has 0 saturated heterocycles. The number of hydrogen-bond acceptors (Lipinski definition) is 6. The minimum atomic E-state index is -0.505. The Kier molecular flexibility index (Phi) is 5.60. The van der Waals surface area contributed by atoms with Crippen LogP contribution in [0.2, 0.25) is 0 Å². The summed E-state index contributed by atoms with van der Waals surface area (Å²) in [5, 5.41) is 6.43. The lowest BCUT2D eigenvalue weighted by molar-refractivity contribution is -0.117.